The second-order valence-corrected chi connectivity index (χ2v) is 9.71. The van der Waals surface area contributed by atoms with Gasteiger partial charge in [0, 0.05) is 19.2 Å². The summed E-state index contributed by atoms with van der Waals surface area (Å²) in [4.78, 5) is 15.5. The summed E-state index contributed by atoms with van der Waals surface area (Å²) < 4.78 is 5.31. The van der Waals surface area contributed by atoms with E-state index >= 15 is 0 Å². The average molecular weight is 378 g/mol. The third-order valence-corrected chi connectivity index (χ3v) is 7.84. The third kappa shape index (κ3) is 3.45. The molecule has 1 heterocycles. The van der Waals surface area contributed by atoms with Gasteiger partial charge >= 0.3 is 5.97 Å². The van der Waals surface area contributed by atoms with Crippen LogP contribution in [0.4, 0.5) is 5.69 Å². The van der Waals surface area contributed by atoms with Gasteiger partial charge in [0.1, 0.15) is 5.76 Å². The van der Waals surface area contributed by atoms with Crippen molar-refractivity contribution in [2.45, 2.75) is 49.7 Å². The van der Waals surface area contributed by atoms with Gasteiger partial charge in [-0.1, -0.05) is 32.0 Å². The van der Waals surface area contributed by atoms with E-state index in [0.717, 1.165) is 42.2 Å². The van der Waals surface area contributed by atoms with E-state index in [-0.39, 0.29) is 12.0 Å². The molecule has 136 valence electrons. The number of anilines is 1. The standard InChI is InChI=1S/C20H27NO2S2/c1-4-24-20(25-5-2)18(21(3)15-11-7-6-8-12-15)16-13-9-10-14-17(16)23-19(20)22/h6-8,11-12,18H,4-5,9-10,13-14H2,1-3H3. The zero-order valence-electron chi connectivity index (χ0n) is 15.3. The molecule has 0 saturated carbocycles. The van der Waals surface area contributed by atoms with Crippen LogP contribution in [0.2, 0.25) is 0 Å². The summed E-state index contributed by atoms with van der Waals surface area (Å²) in [6, 6.07) is 10.4. The van der Waals surface area contributed by atoms with Crippen molar-refractivity contribution in [1.29, 1.82) is 0 Å². The molecule has 0 spiro atoms. The molecule has 0 saturated heterocycles. The number of allylic oxidation sites excluding steroid dienone is 1. The van der Waals surface area contributed by atoms with Gasteiger partial charge in [-0.2, -0.15) is 0 Å². The zero-order valence-corrected chi connectivity index (χ0v) is 16.9. The van der Waals surface area contributed by atoms with Crippen LogP contribution < -0.4 is 4.90 Å². The van der Waals surface area contributed by atoms with Crippen molar-refractivity contribution in [3.05, 3.63) is 41.7 Å². The molecule has 1 aromatic carbocycles. The molecule has 1 aliphatic carbocycles. The van der Waals surface area contributed by atoms with Crippen molar-refractivity contribution < 1.29 is 9.53 Å². The maximum Gasteiger partial charge on any atom is 0.340 e. The molecule has 0 radical (unpaired) electrons. The fourth-order valence-electron chi connectivity index (χ4n) is 3.88. The first-order valence-corrected chi connectivity index (χ1v) is 11.1. The molecule has 0 amide bonds. The molecule has 1 unspecified atom stereocenters. The number of ether oxygens (including phenoxy) is 1. The van der Waals surface area contributed by atoms with E-state index in [2.05, 4.69) is 50.1 Å². The summed E-state index contributed by atoms with van der Waals surface area (Å²) in [5, 5.41) is 0. The van der Waals surface area contributed by atoms with Gasteiger partial charge in [0.25, 0.3) is 0 Å². The fraction of sp³-hybridized carbons (Fsp3) is 0.550. The molecule has 3 rings (SSSR count). The summed E-state index contributed by atoms with van der Waals surface area (Å²) in [6.45, 7) is 4.25. The van der Waals surface area contributed by atoms with Crippen molar-refractivity contribution in [2.24, 2.45) is 0 Å². The minimum Gasteiger partial charge on any atom is -0.429 e. The van der Waals surface area contributed by atoms with Crippen molar-refractivity contribution in [3.8, 4) is 0 Å². The topological polar surface area (TPSA) is 29.5 Å². The maximum atomic E-state index is 13.2. The average Bonchev–Trinajstić information content (AvgIpc) is 2.63. The van der Waals surface area contributed by atoms with E-state index in [0.29, 0.717) is 0 Å². The second kappa shape index (κ2) is 8.09. The Morgan fingerprint density at radius 2 is 1.76 bits per heavy atom. The molecule has 1 aliphatic heterocycles. The SMILES string of the molecule is CCSC1(SCC)C(=O)OC2=C(CCCC2)C1N(C)c1ccccc1. The molecular weight excluding hydrogens is 350 g/mol. The Morgan fingerprint density at radius 1 is 1.12 bits per heavy atom. The van der Waals surface area contributed by atoms with Gasteiger partial charge in [-0.15, -0.1) is 23.5 Å². The molecule has 0 bridgehead atoms. The van der Waals surface area contributed by atoms with Crippen LogP contribution in [0.25, 0.3) is 0 Å². The number of para-hydroxylation sites is 1. The van der Waals surface area contributed by atoms with Crippen LogP contribution in [0.1, 0.15) is 39.5 Å². The number of thioether (sulfide) groups is 2. The Balaban J connectivity index is 2.11. The molecule has 0 aromatic heterocycles. The van der Waals surface area contributed by atoms with Crippen LogP contribution in [0, 0.1) is 0 Å². The number of hydrogen-bond donors (Lipinski definition) is 0. The van der Waals surface area contributed by atoms with Gasteiger partial charge in [0.2, 0.25) is 0 Å². The molecule has 0 fully saturated rings. The minimum absolute atomic E-state index is 0.0429. The molecule has 5 heteroatoms. The van der Waals surface area contributed by atoms with Crippen LogP contribution in [0.5, 0.6) is 0 Å². The first kappa shape index (κ1) is 18.7. The zero-order chi connectivity index (χ0) is 17.9. The largest absolute Gasteiger partial charge is 0.429 e. The van der Waals surface area contributed by atoms with E-state index in [1.54, 1.807) is 23.5 Å². The second-order valence-electron chi connectivity index (χ2n) is 6.43. The first-order chi connectivity index (χ1) is 12.1. The summed E-state index contributed by atoms with van der Waals surface area (Å²) >= 11 is 3.46. The molecule has 2 aliphatic rings. The highest BCUT2D eigenvalue weighted by Crippen LogP contribution is 2.52. The molecule has 0 N–H and O–H groups in total. The number of nitrogens with zero attached hydrogens (tertiary/aromatic N) is 1. The summed E-state index contributed by atoms with van der Waals surface area (Å²) in [5.74, 6) is 2.65. The lowest BCUT2D eigenvalue weighted by atomic mass is 9.87. The van der Waals surface area contributed by atoms with Gasteiger partial charge in [-0.05, 0) is 48.5 Å². The minimum atomic E-state index is -0.593. The van der Waals surface area contributed by atoms with Crippen molar-refractivity contribution in [1.82, 2.24) is 0 Å². The number of likely N-dealkylation sites (N-methyl/N-ethyl adjacent to an activating group) is 1. The van der Waals surface area contributed by atoms with E-state index in [1.165, 1.54) is 12.0 Å². The Kier molecular flexibility index (Phi) is 6.05. The molecule has 1 atom stereocenters. The van der Waals surface area contributed by atoms with Crippen LogP contribution in [0.15, 0.2) is 41.7 Å². The Bertz CT molecular complexity index is 638. The number of rotatable bonds is 6. The van der Waals surface area contributed by atoms with Crippen molar-refractivity contribution >= 4 is 35.2 Å². The quantitative estimate of drug-likeness (QED) is 0.509. The lowest BCUT2D eigenvalue weighted by Gasteiger charge is -2.48. The van der Waals surface area contributed by atoms with Crippen LogP contribution >= 0.6 is 23.5 Å². The smallest absolute Gasteiger partial charge is 0.340 e. The van der Waals surface area contributed by atoms with Crippen LogP contribution in [-0.2, 0) is 9.53 Å². The third-order valence-electron chi connectivity index (χ3n) is 4.92. The number of carbonyl (C=O) groups is 1. The fourth-order valence-corrected chi connectivity index (χ4v) is 7.01. The summed E-state index contributed by atoms with van der Waals surface area (Å²) in [7, 11) is 2.12. The molecule has 3 nitrogen and oxygen atoms in total. The highest BCUT2D eigenvalue weighted by Gasteiger charge is 2.55. The Labute approximate surface area is 159 Å². The Morgan fingerprint density at radius 3 is 2.40 bits per heavy atom. The highest BCUT2D eigenvalue weighted by molar-refractivity contribution is 8.19. The molecule has 1 aromatic rings. The highest BCUT2D eigenvalue weighted by atomic mass is 32.2. The lowest BCUT2D eigenvalue weighted by molar-refractivity contribution is -0.142. The summed E-state index contributed by atoms with van der Waals surface area (Å²) in [6.07, 6.45) is 4.21. The van der Waals surface area contributed by atoms with Crippen LogP contribution in [0.3, 0.4) is 0 Å². The van der Waals surface area contributed by atoms with Crippen LogP contribution in [-0.4, -0.2) is 34.6 Å². The normalized spacial score (nSPS) is 22.4. The summed E-state index contributed by atoms with van der Waals surface area (Å²) in [5.41, 5.74) is 2.48. The number of hydrogen-bond acceptors (Lipinski definition) is 5. The number of esters is 1. The van der Waals surface area contributed by atoms with Gasteiger partial charge in [0.15, 0.2) is 4.08 Å². The molecular formula is C20H27NO2S2. The van der Waals surface area contributed by atoms with E-state index in [9.17, 15) is 4.79 Å². The molecule has 25 heavy (non-hydrogen) atoms. The van der Waals surface area contributed by atoms with E-state index in [1.807, 2.05) is 6.07 Å². The van der Waals surface area contributed by atoms with Gasteiger partial charge in [-0.25, -0.2) is 4.79 Å². The predicted molar refractivity (Wildman–Crippen MR) is 109 cm³/mol. The Hall–Kier alpha value is -1.07. The monoisotopic (exact) mass is 377 g/mol. The van der Waals surface area contributed by atoms with Gasteiger partial charge in [0.05, 0.1) is 6.04 Å². The van der Waals surface area contributed by atoms with E-state index in [4.69, 9.17) is 4.74 Å². The van der Waals surface area contributed by atoms with E-state index < -0.39 is 4.08 Å². The van der Waals surface area contributed by atoms with Gasteiger partial charge in [-0.3, -0.25) is 0 Å². The maximum absolute atomic E-state index is 13.2. The number of benzene rings is 1. The van der Waals surface area contributed by atoms with Gasteiger partial charge < -0.3 is 9.64 Å². The first-order valence-electron chi connectivity index (χ1n) is 9.14. The van der Waals surface area contributed by atoms with Crippen molar-refractivity contribution in [3.63, 3.8) is 0 Å². The lowest BCUT2D eigenvalue weighted by Crippen LogP contribution is -2.57. The van der Waals surface area contributed by atoms with Crippen molar-refractivity contribution in [2.75, 3.05) is 23.5 Å². The number of carbonyl (C=O) groups excluding carboxylic acids is 1. The predicted octanol–water partition coefficient (Wildman–Crippen LogP) is 5.08.